The van der Waals surface area contributed by atoms with Crippen LogP contribution < -0.4 is 10.1 Å². The summed E-state index contributed by atoms with van der Waals surface area (Å²) in [6, 6.07) is 3.51. The van der Waals surface area contributed by atoms with E-state index in [1.165, 1.54) is 0 Å². The van der Waals surface area contributed by atoms with Gasteiger partial charge in [0.15, 0.2) is 6.61 Å². The van der Waals surface area contributed by atoms with E-state index in [2.05, 4.69) is 37.2 Å². The SMILES string of the molecule is CCCNC(=O)COc1c(Br)cc(CO)cc1Br. The Bertz CT molecular complexity index is 401. The van der Waals surface area contributed by atoms with Gasteiger partial charge in [-0.25, -0.2) is 0 Å². The number of carbonyl (C=O) groups is 1. The Morgan fingerprint density at radius 1 is 1.39 bits per heavy atom. The molecule has 1 rings (SSSR count). The van der Waals surface area contributed by atoms with Gasteiger partial charge in [0.25, 0.3) is 5.91 Å². The molecule has 0 heterocycles. The Labute approximate surface area is 123 Å². The quantitative estimate of drug-likeness (QED) is 0.797. The van der Waals surface area contributed by atoms with Crippen LogP contribution in [0.2, 0.25) is 0 Å². The van der Waals surface area contributed by atoms with Crippen molar-refractivity contribution in [2.45, 2.75) is 20.0 Å². The van der Waals surface area contributed by atoms with Gasteiger partial charge in [-0.15, -0.1) is 0 Å². The lowest BCUT2D eigenvalue weighted by Gasteiger charge is -2.11. The van der Waals surface area contributed by atoms with Crippen LogP contribution in [-0.4, -0.2) is 24.2 Å². The molecule has 2 N–H and O–H groups in total. The Hall–Kier alpha value is -0.590. The van der Waals surface area contributed by atoms with Crippen LogP contribution in [0.5, 0.6) is 5.75 Å². The van der Waals surface area contributed by atoms with E-state index in [0.717, 1.165) is 12.0 Å². The number of aliphatic hydroxyl groups is 1. The van der Waals surface area contributed by atoms with E-state index in [0.29, 0.717) is 21.2 Å². The molecule has 1 aromatic carbocycles. The average molecular weight is 381 g/mol. The van der Waals surface area contributed by atoms with Crippen molar-refractivity contribution in [3.63, 3.8) is 0 Å². The third-order valence-corrected chi connectivity index (χ3v) is 3.34. The fraction of sp³-hybridized carbons (Fsp3) is 0.417. The highest BCUT2D eigenvalue weighted by molar-refractivity contribution is 9.11. The summed E-state index contributed by atoms with van der Waals surface area (Å²) in [6.07, 6.45) is 0.893. The first-order valence-electron chi connectivity index (χ1n) is 5.56. The van der Waals surface area contributed by atoms with Crippen molar-refractivity contribution in [1.29, 1.82) is 0 Å². The first kappa shape index (κ1) is 15.5. The van der Waals surface area contributed by atoms with Crippen molar-refractivity contribution in [3.05, 3.63) is 26.6 Å². The fourth-order valence-electron chi connectivity index (χ4n) is 1.29. The van der Waals surface area contributed by atoms with Gasteiger partial charge in [0, 0.05) is 6.54 Å². The molecule has 0 saturated carbocycles. The second-order valence-electron chi connectivity index (χ2n) is 3.69. The smallest absolute Gasteiger partial charge is 0.257 e. The summed E-state index contributed by atoms with van der Waals surface area (Å²) < 4.78 is 6.84. The number of amides is 1. The second-order valence-corrected chi connectivity index (χ2v) is 5.39. The highest BCUT2D eigenvalue weighted by atomic mass is 79.9. The number of ether oxygens (including phenoxy) is 1. The van der Waals surface area contributed by atoms with Gasteiger partial charge in [0.05, 0.1) is 15.6 Å². The van der Waals surface area contributed by atoms with Gasteiger partial charge in [0.2, 0.25) is 0 Å². The number of rotatable bonds is 6. The first-order valence-corrected chi connectivity index (χ1v) is 7.15. The molecule has 0 aliphatic carbocycles. The molecule has 1 amide bonds. The molecule has 100 valence electrons. The molecule has 4 nitrogen and oxygen atoms in total. The number of nitrogens with one attached hydrogen (secondary N) is 1. The molecule has 6 heteroatoms. The third-order valence-electron chi connectivity index (χ3n) is 2.16. The molecule has 0 unspecified atom stereocenters. The summed E-state index contributed by atoms with van der Waals surface area (Å²) in [5.41, 5.74) is 0.761. The number of aliphatic hydroxyl groups excluding tert-OH is 1. The number of hydrogen-bond acceptors (Lipinski definition) is 3. The summed E-state index contributed by atoms with van der Waals surface area (Å²) in [7, 11) is 0. The lowest BCUT2D eigenvalue weighted by molar-refractivity contribution is -0.123. The van der Waals surface area contributed by atoms with Gasteiger partial charge < -0.3 is 15.2 Å². The van der Waals surface area contributed by atoms with Crippen molar-refractivity contribution in [3.8, 4) is 5.75 Å². The zero-order chi connectivity index (χ0) is 13.5. The summed E-state index contributed by atoms with van der Waals surface area (Å²) in [4.78, 5) is 11.4. The van der Waals surface area contributed by atoms with Gasteiger partial charge in [-0.05, 0) is 56.0 Å². The van der Waals surface area contributed by atoms with Crippen molar-refractivity contribution in [2.75, 3.05) is 13.2 Å². The van der Waals surface area contributed by atoms with E-state index in [9.17, 15) is 4.79 Å². The van der Waals surface area contributed by atoms with Crippen molar-refractivity contribution >= 4 is 37.8 Å². The molecule has 18 heavy (non-hydrogen) atoms. The van der Waals surface area contributed by atoms with Gasteiger partial charge in [0.1, 0.15) is 5.75 Å². The Kier molecular flexibility index (Phi) is 6.67. The first-order chi connectivity index (χ1) is 8.58. The second kappa shape index (κ2) is 7.76. The van der Waals surface area contributed by atoms with Crippen LogP contribution in [0.25, 0.3) is 0 Å². The number of carbonyl (C=O) groups excluding carboxylic acids is 1. The van der Waals surface area contributed by atoms with Crippen molar-refractivity contribution in [1.82, 2.24) is 5.32 Å². The molecular formula is C12H15Br2NO3. The Morgan fingerprint density at radius 2 is 2.00 bits per heavy atom. The maximum atomic E-state index is 11.4. The molecular weight excluding hydrogens is 366 g/mol. The largest absolute Gasteiger partial charge is 0.481 e. The molecule has 0 fully saturated rings. The molecule has 1 aromatic rings. The topological polar surface area (TPSA) is 58.6 Å². The lowest BCUT2D eigenvalue weighted by Crippen LogP contribution is -2.29. The van der Waals surface area contributed by atoms with Gasteiger partial charge in [-0.3, -0.25) is 4.79 Å². The van der Waals surface area contributed by atoms with Crippen LogP contribution >= 0.6 is 31.9 Å². The van der Waals surface area contributed by atoms with Gasteiger partial charge in [-0.2, -0.15) is 0 Å². The molecule has 0 aliphatic rings. The molecule has 0 aliphatic heterocycles. The maximum Gasteiger partial charge on any atom is 0.257 e. The van der Waals surface area contributed by atoms with E-state index in [1.54, 1.807) is 12.1 Å². The van der Waals surface area contributed by atoms with E-state index < -0.39 is 0 Å². The van der Waals surface area contributed by atoms with Crippen LogP contribution in [0, 0.1) is 0 Å². The minimum Gasteiger partial charge on any atom is -0.481 e. The minimum atomic E-state index is -0.151. The fourth-order valence-corrected chi connectivity index (χ4v) is 2.80. The zero-order valence-electron chi connectivity index (χ0n) is 10.0. The van der Waals surface area contributed by atoms with Gasteiger partial charge >= 0.3 is 0 Å². The number of benzene rings is 1. The van der Waals surface area contributed by atoms with Crippen LogP contribution in [-0.2, 0) is 11.4 Å². The summed E-state index contributed by atoms with van der Waals surface area (Å²) >= 11 is 6.69. The predicted molar refractivity (Wildman–Crippen MR) is 76.6 cm³/mol. The van der Waals surface area contributed by atoms with E-state index in [4.69, 9.17) is 9.84 Å². The van der Waals surface area contributed by atoms with Crippen LogP contribution in [0.15, 0.2) is 21.1 Å². The minimum absolute atomic E-state index is 0.0321. The van der Waals surface area contributed by atoms with Crippen LogP contribution in [0.4, 0.5) is 0 Å². The predicted octanol–water partition coefficient (Wildman–Crippen LogP) is 2.61. The molecule has 0 aromatic heterocycles. The molecule has 0 atom stereocenters. The summed E-state index contributed by atoms with van der Waals surface area (Å²) in [5.74, 6) is 0.403. The van der Waals surface area contributed by atoms with E-state index in [1.807, 2.05) is 6.92 Å². The van der Waals surface area contributed by atoms with E-state index >= 15 is 0 Å². The van der Waals surface area contributed by atoms with Crippen molar-refractivity contribution < 1.29 is 14.6 Å². The summed E-state index contributed by atoms with van der Waals surface area (Å²) in [6.45, 7) is 2.56. The highest BCUT2D eigenvalue weighted by Gasteiger charge is 2.10. The summed E-state index contributed by atoms with van der Waals surface area (Å²) in [5, 5.41) is 11.8. The molecule has 0 saturated heterocycles. The Morgan fingerprint density at radius 3 is 2.50 bits per heavy atom. The highest BCUT2D eigenvalue weighted by Crippen LogP contribution is 2.34. The van der Waals surface area contributed by atoms with Gasteiger partial charge in [-0.1, -0.05) is 6.92 Å². The molecule has 0 spiro atoms. The molecule has 0 bridgehead atoms. The number of hydrogen-bond donors (Lipinski definition) is 2. The normalized spacial score (nSPS) is 10.2. The standard InChI is InChI=1S/C12H15Br2NO3/c1-2-3-15-11(17)7-18-12-9(13)4-8(6-16)5-10(12)14/h4-5,16H,2-3,6-7H2,1H3,(H,15,17). The zero-order valence-corrected chi connectivity index (χ0v) is 13.2. The number of halogens is 2. The lowest BCUT2D eigenvalue weighted by atomic mass is 10.2. The Balaban J connectivity index is 2.65. The van der Waals surface area contributed by atoms with Crippen LogP contribution in [0.1, 0.15) is 18.9 Å². The third kappa shape index (κ3) is 4.59. The average Bonchev–Trinajstić information content (AvgIpc) is 2.34. The maximum absolute atomic E-state index is 11.4. The monoisotopic (exact) mass is 379 g/mol. The molecule has 0 radical (unpaired) electrons. The van der Waals surface area contributed by atoms with Crippen LogP contribution in [0.3, 0.4) is 0 Å². The van der Waals surface area contributed by atoms with E-state index in [-0.39, 0.29) is 19.1 Å². The van der Waals surface area contributed by atoms with Crippen molar-refractivity contribution in [2.24, 2.45) is 0 Å².